The first-order valence-corrected chi connectivity index (χ1v) is 7.43. The molecule has 3 aromatic rings. The van der Waals surface area contributed by atoms with Crippen LogP contribution in [0.15, 0.2) is 30.3 Å². The molecule has 0 radical (unpaired) electrons. The van der Waals surface area contributed by atoms with Crippen LogP contribution in [0, 0.1) is 0 Å². The van der Waals surface area contributed by atoms with E-state index in [1.54, 1.807) is 6.07 Å². The van der Waals surface area contributed by atoms with Crippen molar-refractivity contribution in [3.63, 3.8) is 0 Å². The molecule has 2 aromatic heterocycles. The van der Waals surface area contributed by atoms with Gasteiger partial charge in [0.25, 0.3) is 0 Å². The van der Waals surface area contributed by atoms with Crippen molar-refractivity contribution < 1.29 is 0 Å². The highest BCUT2D eigenvalue weighted by molar-refractivity contribution is 6.41. The molecule has 5 heteroatoms. The number of halogens is 2. The summed E-state index contributed by atoms with van der Waals surface area (Å²) in [6.45, 7) is 6.57. The van der Waals surface area contributed by atoms with Crippen molar-refractivity contribution in [2.75, 3.05) is 0 Å². The van der Waals surface area contributed by atoms with Crippen LogP contribution < -0.4 is 0 Å². The molecule has 0 aliphatic carbocycles. The topological polar surface area (TPSA) is 41.6 Å². The summed E-state index contributed by atoms with van der Waals surface area (Å²) in [5, 5.41) is 0.688. The standard InChI is InChI=1S/C16H15Cl2N3/c1-16(2,3)10-6-4-9(5-7-10)14-19-12-8-11(17)13(18)20-15(12)21-14/h4-8H,1-3H3,(H,19,20,21). The summed E-state index contributed by atoms with van der Waals surface area (Å²) in [5.41, 5.74) is 3.77. The van der Waals surface area contributed by atoms with Crippen molar-refractivity contribution in [2.24, 2.45) is 0 Å². The first kappa shape index (κ1) is 14.4. The number of pyridine rings is 1. The van der Waals surface area contributed by atoms with Crippen molar-refractivity contribution >= 4 is 34.4 Å². The number of rotatable bonds is 1. The van der Waals surface area contributed by atoms with Crippen LogP contribution in [0.4, 0.5) is 0 Å². The number of nitrogens with one attached hydrogen (secondary N) is 1. The van der Waals surface area contributed by atoms with Crippen LogP contribution in [0.1, 0.15) is 26.3 Å². The molecule has 108 valence electrons. The van der Waals surface area contributed by atoms with Gasteiger partial charge in [0.2, 0.25) is 0 Å². The minimum absolute atomic E-state index is 0.134. The lowest BCUT2D eigenvalue weighted by Gasteiger charge is -2.18. The van der Waals surface area contributed by atoms with Gasteiger partial charge in [-0.25, -0.2) is 9.97 Å². The van der Waals surface area contributed by atoms with Crippen LogP contribution in [-0.4, -0.2) is 15.0 Å². The van der Waals surface area contributed by atoms with E-state index in [0.29, 0.717) is 10.7 Å². The lowest BCUT2D eigenvalue weighted by Crippen LogP contribution is -2.10. The van der Waals surface area contributed by atoms with E-state index in [1.165, 1.54) is 5.56 Å². The molecule has 0 saturated carbocycles. The number of nitrogens with zero attached hydrogens (tertiary/aromatic N) is 2. The van der Waals surface area contributed by atoms with Crippen molar-refractivity contribution in [3.05, 3.63) is 46.1 Å². The molecule has 0 fully saturated rings. The molecule has 0 unspecified atom stereocenters. The minimum Gasteiger partial charge on any atom is -0.337 e. The fourth-order valence-electron chi connectivity index (χ4n) is 2.16. The van der Waals surface area contributed by atoms with Crippen LogP contribution in [0.5, 0.6) is 0 Å². The maximum Gasteiger partial charge on any atom is 0.179 e. The van der Waals surface area contributed by atoms with Gasteiger partial charge in [-0.15, -0.1) is 0 Å². The maximum absolute atomic E-state index is 5.97. The molecule has 0 spiro atoms. The zero-order valence-electron chi connectivity index (χ0n) is 12.0. The number of imidazole rings is 1. The monoisotopic (exact) mass is 319 g/mol. The lowest BCUT2D eigenvalue weighted by molar-refractivity contribution is 0.590. The summed E-state index contributed by atoms with van der Waals surface area (Å²) in [5.74, 6) is 0.760. The van der Waals surface area contributed by atoms with Gasteiger partial charge >= 0.3 is 0 Å². The van der Waals surface area contributed by atoms with E-state index in [2.05, 4.69) is 60.0 Å². The quantitative estimate of drug-likeness (QED) is 0.624. The molecule has 3 nitrogen and oxygen atoms in total. The fraction of sp³-hybridized carbons (Fsp3) is 0.250. The van der Waals surface area contributed by atoms with Gasteiger partial charge in [0.15, 0.2) is 5.65 Å². The summed E-state index contributed by atoms with van der Waals surface area (Å²) < 4.78 is 0. The van der Waals surface area contributed by atoms with Crippen LogP contribution in [0.25, 0.3) is 22.6 Å². The SMILES string of the molecule is CC(C)(C)c1ccc(-c2nc3nc(Cl)c(Cl)cc3[nH]2)cc1. The molecule has 0 bridgehead atoms. The molecule has 2 heterocycles. The normalized spacial score (nSPS) is 12.0. The Hall–Kier alpha value is -1.58. The Bertz CT molecular complexity index is 760. The molecule has 0 atom stereocenters. The van der Waals surface area contributed by atoms with Crippen LogP contribution in [-0.2, 0) is 5.41 Å². The number of hydrogen-bond acceptors (Lipinski definition) is 2. The Kier molecular flexibility index (Phi) is 3.42. The Morgan fingerprint density at radius 1 is 1.00 bits per heavy atom. The second kappa shape index (κ2) is 5.00. The molecule has 0 saturated heterocycles. The van der Waals surface area contributed by atoms with Crippen molar-refractivity contribution in [3.8, 4) is 11.4 Å². The summed E-state index contributed by atoms with van der Waals surface area (Å²) in [6.07, 6.45) is 0. The number of fused-ring (bicyclic) bond motifs is 1. The summed E-state index contributed by atoms with van der Waals surface area (Å²) in [7, 11) is 0. The zero-order chi connectivity index (χ0) is 15.2. The summed E-state index contributed by atoms with van der Waals surface area (Å²) in [4.78, 5) is 11.9. The first-order valence-electron chi connectivity index (χ1n) is 6.67. The predicted molar refractivity (Wildman–Crippen MR) is 88.0 cm³/mol. The van der Waals surface area contributed by atoms with Gasteiger partial charge in [0.05, 0.1) is 10.5 Å². The van der Waals surface area contributed by atoms with E-state index in [4.69, 9.17) is 23.2 Å². The predicted octanol–water partition coefficient (Wildman–Crippen LogP) is 5.23. The van der Waals surface area contributed by atoms with E-state index in [0.717, 1.165) is 16.9 Å². The van der Waals surface area contributed by atoms with Crippen molar-refractivity contribution in [1.82, 2.24) is 15.0 Å². The Morgan fingerprint density at radius 2 is 1.67 bits per heavy atom. The second-order valence-corrected chi connectivity index (χ2v) is 6.81. The van der Waals surface area contributed by atoms with Crippen LogP contribution >= 0.6 is 23.2 Å². The van der Waals surface area contributed by atoms with Gasteiger partial charge in [-0.05, 0) is 17.0 Å². The van der Waals surface area contributed by atoms with Gasteiger partial charge in [-0.2, -0.15) is 0 Å². The highest BCUT2D eigenvalue weighted by Crippen LogP contribution is 2.28. The minimum atomic E-state index is 0.134. The molecule has 0 aliphatic rings. The molecular formula is C16H15Cl2N3. The Balaban J connectivity index is 2.04. The first-order chi connectivity index (χ1) is 9.84. The summed E-state index contributed by atoms with van der Waals surface area (Å²) >= 11 is 11.9. The smallest absolute Gasteiger partial charge is 0.179 e. The third-order valence-corrected chi connectivity index (χ3v) is 4.08. The molecule has 3 rings (SSSR count). The van der Waals surface area contributed by atoms with Crippen LogP contribution in [0.3, 0.4) is 0 Å². The fourth-order valence-corrected chi connectivity index (χ4v) is 2.45. The van der Waals surface area contributed by atoms with Crippen LogP contribution in [0.2, 0.25) is 10.2 Å². The summed E-state index contributed by atoms with van der Waals surface area (Å²) in [6, 6.07) is 10.1. The Labute approximate surface area is 133 Å². The van der Waals surface area contributed by atoms with E-state index in [-0.39, 0.29) is 10.6 Å². The third kappa shape index (κ3) is 2.76. The van der Waals surface area contributed by atoms with Gasteiger partial charge in [0, 0.05) is 5.56 Å². The highest BCUT2D eigenvalue weighted by atomic mass is 35.5. The third-order valence-electron chi connectivity index (χ3n) is 3.41. The van der Waals surface area contributed by atoms with E-state index >= 15 is 0 Å². The van der Waals surface area contributed by atoms with Crippen molar-refractivity contribution in [2.45, 2.75) is 26.2 Å². The average Bonchev–Trinajstić information content (AvgIpc) is 2.81. The van der Waals surface area contributed by atoms with Gasteiger partial charge in [-0.1, -0.05) is 68.2 Å². The molecule has 21 heavy (non-hydrogen) atoms. The lowest BCUT2D eigenvalue weighted by atomic mass is 9.87. The number of aromatic nitrogens is 3. The van der Waals surface area contributed by atoms with E-state index in [1.807, 2.05) is 0 Å². The van der Waals surface area contributed by atoms with Crippen molar-refractivity contribution in [1.29, 1.82) is 0 Å². The van der Waals surface area contributed by atoms with E-state index < -0.39 is 0 Å². The van der Waals surface area contributed by atoms with E-state index in [9.17, 15) is 0 Å². The number of H-pyrrole nitrogens is 1. The number of aromatic amines is 1. The number of benzene rings is 1. The molecule has 0 amide bonds. The van der Waals surface area contributed by atoms with Gasteiger partial charge < -0.3 is 4.98 Å². The molecule has 1 aromatic carbocycles. The zero-order valence-corrected chi connectivity index (χ0v) is 13.5. The second-order valence-electron chi connectivity index (χ2n) is 6.04. The maximum atomic E-state index is 5.97. The molecule has 0 aliphatic heterocycles. The molecular weight excluding hydrogens is 305 g/mol. The molecule has 1 N–H and O–H groups in total. The Morgan fingerprint density at radius 3 is 2.29 bits per heavy atom. The van der Waals surface area contributed by atoms with Gasteiger partial charge in [-0.3, -0.25) is 0 Å². The highest BCUT2D eigenvalue weighted by Gasteiger charge is 2.14. The van der Waals surface area contributed by atoms with Gasteiger partial charge in [0.1, 0.15) is 11.0 Å². The number of hydrogen-bond donors (Lipinski definition) is 1. The largest absolute Gasteiger partial charge is 0.337 e. The average molecular weight is 320 g/mol.